The van der Waals surface area contributed by atoms with Gasteiger partial charge in [0, 0.05) is 17.3 Å². The summed E-state index contributed by atoms with van der Waals surface area (Å²) in [5, 5.41) is 0. The normalized spacial score (nSPS) is 18.1. The molecule has 0 atom stereocenters. The first kappa shape index (κ1) is 15.4. The molecule has 0 saturated heterocycles. The molecule has 0 radical (unpaired) electrons. The molecule has 0 heterocycles. The third-order valence-corrected chi connectivity index (χ3v) is 4.70. The highest BCUT2D eigenvalue weighted by Gasteiger charge is 2.39. The van der Waals surface area contributed by atoms with Crippen molar-refractivity contribution in [2.45, 2.75) is 50.9 Å². The van der Waals surface area contributed by atoms with E-state index in [2.05, 4.69) is 15.9 Å². The Bertz CT molecular complexity index is 530. The summed E-state index contributed by atoms with van der Waals surface area (Å²) in [4.78, 5) is 23.2. The number of benzene rings is 1. The fourth-order valence-electron chi connectivity index (χ4n) is 3.05. The standard InChI is InChI=1S/C16H18BrFO2/c1-2-3-11-8-12(18)9-14(17)15(11)16(10-19)6-4-13(20)5-7-16/h8-10H,2-7H2,1H3. The third-order valence-electron chi connectivity index (χ3n) is 4.08. The minimum Gasteiger partial charge on any atom is -0.302 e. The van der Waals surface area contributed by atoms with Crippen LogP contribution in [0.15, 0.2) is 16.6 Å². The number of halogens is 2. The number of Topliss-reactive ketones (excluding diaryl/α,β-unsaturated/α-hetero) is 1. The van der Waals surface area contributed by atoms with Crippen molar-refractivity contribution in [3.8, 4) is 0 Å². The zero-order valence-electron chi connectivity index (χ0n) is 11.5. The zero-order chi connectivity index (χ0) is 14.8. The molecule has 0 aliphatic heterocycles. The summed E-state index contributed by atoms with van der Waals surface area (Å²) in [5.41, 5.74) is 1.11. The number of hydrogen-bond acceptors (Lipinski definition) is 2. The second-order valence-corrected chi connectivity index (χ2v) is 6.34. The van der Waals surface area contributed by atoms with Crippen LogP contribution in [0.1, 0.15) is 50.2 Å². The SMILES string of the molecule is CCCc1cc(F)cc(Br)c1C1(C=O)CCC(=O)CC1. The van der Waals surface area contributed by atoms with Gasteiger partial charge in [-0.2, -0.15) is 0 Å². The molecule has 0 bridgehead atoms. The monoisotopic (exact) mass is 340 g/mol. The van der Waals surface area contributed by atoms with E-state index in [0.717, 1.165) is 30.3 Å². The number of aldehydes is 1. The van der Waals surface area contributed by atoms with Gasteiger partial charge in [-0.15, -0.1) is 0 Å². The van der Waals surface area contributed by atoms with Crippen LogP contribution >= 0.6 is 15.9 Å². The van der Waals surface area contributed by atoms with Crippen LogP contribution in [0.5, 0.6) is 0 Å². The molecule has 0 spiro atoms. The van der Waals surface area contributed by atoms with Crippen molar-refractivity contribution in [3.63, 3.8) is 0 Å². The van der Waals surface area contributed by atoms with Crippen molar-refractivity contribution < 1.29 is 14.0 Å². The van der Waals surface area contributed by atoms with Crippen molar-refractivity contribution in [2.75, 3.05) is 0 Å². The van der Waals surface area contributed by atoms with E-state index in [1.54, 1.807) is 0 Å². The summed E-state index contributed by atoms with van der Waals surface area (Å²) in [6, 6.07) is 2.93. The summed E-state index contributed by atoms with van der Waals surface area (Å²) in [6.07, 6.45) is 4.47. The molecule has 0 aromatic heterocycles. The molecule has 0 amide bonds. The lowest BCUT2D eigenvalue weighted by Gasteiger charge is -2.34. The average molecular weight is 341 g/mol. The second-order valence-electron chi connectivity index (χ2n) is 5.48. The van der Waals surface area contributed by atoms with Crippen LogP contribution in [-0.2, 0) is 21.4 Å². The maximum Gasteiger partial charge on any atom is 0.133 e. The van der Waals surface area contributed by atoms with E-state index in [9.17, 15) is 14.0 Å². The summed E-state index contributed by atoms with van der Waals surface area (Å²) in [6.45, 7) is 2.03. The summed E-state index contributed by atoms with van der Waals surface area (Å²) < 4.78 is 14.3. The van der Waals surface area contributed by atoms with Gasteiger partial charge in [-0.1, -0.05) is 29.3 Å². The Morgan fingerprint density at radius 2 is 2.00 bits per heavy atom. The predicted molar refractivity (Wildman–Crippen MR) is 79.3 cm³/mol. The van der Waals surface area contributed by atoms with Gasteiger partial charge < -0.3 is 4.79 Å². The minimum absolute atomic E-state index is 0.206. The van der Waals surface area contributed by atoms with Crippen molar-refractivity contribution in [1.29, 1.82) is 0 Å². The van der Waals surface area contributed by atoms with Crippen LogP contribution < -0.4 is 0 Å². The quantitative estimate of drug-likeness (QED) is 0.772. The molecule has 4 heteroatoms. The topological polar surface area (TPSA) is 34.1 Å². The Morgan fingerprint density at radius 3 is 2.55 bits per heavy atom. The van der Waals surface area contributed by atoms with Gasteiger partial charge in [-0.3, -0.25) is 4.79 Å². The van der Waals surface area contributed by atoms with Gasteiger partial charge in [0.25, 0.3) is 0 Å². The smallest absolute Gasteiger partial charge is 0.133 e. The molecule has 1 saturated carbocycles. The van der Waals surface area contributed by atoms with E-state index in [0.29, 0.717) is 30.2 Å². The third kappa shape index (κ3) is 2.85. The molecule has 0 unspecified atom stereocenters. The lowest BCUT2D eigenvalue weighted by atomic mass is 9.68. The maximum absolute atomic E-state index is 13.6. The van der Waals surface area contributed by atoms with Crippen LogP contribution in [0.25, 0.3) is 0 Å². The highest BCUT2D eigenvalue weighted by molar-refractivity contribution is 9.10. The lowest BCUT2D eigenvalue weighted by Crippen LogP contribution is -2.35. The molecular weight excluding hydrogens is 323 g/mol. The highest BCUT2D eigenvalue weighted by atomic mass is 79.9. The molecule has 1 aromatic carbocycles. The molecule has 1 aromatic rings. The molecule has 0 N–H and O–H groups in total. The first-order valence-corrected chi connectivity index (χ1v) is 7.78. The fourth-order valence-corrected chi connectivity index (χ4v) is 3.92. The van der Waals surface area contributed by atoms with E-state index in [4.69, 9.17) is 0 Å². The van der Waals surface area contributed by atoms with E-state index in [1.165, 1.54) is 12.1 Å². The fraction of sp³-hybridized carbons (Fsp3) is 0.500. The van der Waals surface area contributed by atoms with Crippen molar-refractivity contribution >= 4 is 28.0 Å². The Morgan fingerprint density at radius 1 is 1.35 bits per heavy atom. The van der Waals surface area contributed by atoms with Gasteiger partial charge >= 0.3 is 0 Å². The number of hydrogen-bond donors (Lipinski definition) is 0. The zero-order valence-corrected chi connectivity index (χ0v) is 13.1. The molecule has 1 fully saturated rings. The van der Waals surface area contributed by atoms with Gasteiger partial charge in [0.2, 0.25) is 0 Å². The van der Waals surface area contributed by atoms with Crippen molar-refractivity contribution in [1.82, 2.24) is 0 Å². The van der Waals surface area contributed by atoms with Gasteiger partial charge in [0.1, 0.15) is 17.9 Å². The Kier molecular flexibility index (Phi) is 4.74. The Balaban J connectivity index is 2.53. The van der Waals surface area contributed by atoms with Gasteiger partial charge in [-0.05, 0) is 42.5 Å². The van der Waals surface area contributed by atoms with E-state index >= 15 is 0 Å². The number of aryl methyl sites for hydroxylation is 1. The van der Waals surface area contributed by atoms with E-state index in [-0.39, 0.29) is 11.6 Å². The molecule has 1 aliphatic carbocycles. The van der Waals surface area contributed by atoms with Crippen LogP contribution in [-0.4, -0.2) is 12.1 Å². The highest BCUT2D eigenvalue weighted by Crippen LogP contribution is 2.42. The molecule has 20 heavy (non-hydrogen) atoms. The van der Waals surface area contributed by atoms with Crippen LogP contribution in [0.2, 0.25) is 0 Å². The van der Waals surface area contributed by atoms with Crippen molar-refractivity contribution in [2.24, 2.45) is 0 Å². The Labute approximate surface area is 126 Å². The molecular formula is C16H18BrFO2. The first-order chi connectivity index (χ1) is 9.52. The van der Waals surface area contributed by atoms with E-state index < -0.39 is 5.41 Å². The van der Waals surface area contributed by atoms with Crippen LogP contribution in [0.3, 0.4) is 0 Å². The summed E-state index contributed by atoms with van der Waals surface area (Å²) >= 11 is 3.41. The van der Waals surface area contributed by atoms with E-state index in [1.807, 2.05) is 6.92 Å². The molecule has 2 rings (SSSR count). The lowest BCUT2D eigenvalue weighted by molar-refractivity contribution is -0.123. The summed E-state index contributed by atoms with van der Waals surface area (Å²) in [7, 11) is 0. The molecule has 1 aliphatic rings. The van der Waals surface area contributed by atoms with Crippen molar-refractivity contribution in [3.05, 3.63) is 33.5 Å². The Hall–Kier alpha value is -1.03. The molecule has 108 valence electrons. The largest absolute Gasteiger partial charge is 0.302 e. The maximum atomic E-state index is 13.6. The van der Waals surface area contributed by atoms with Crippen LogP contribution in [0.4, 0.5) is 4.39 Å². The van der Waals surface area contributed by atoms with Crippen LogP contribution in [0, 0.1) is 5.82 Å². The average Bonchev–Trinajstić information content (AvgIpc) is 2.41. The number of carbonyl (C=O) groups is 2. The summed E-state index contributed by atoms with van der Waals surface area (Å²) in [5.74, 6) is -0.0882. The minimum atomic E-state index is -0.648. The van der Waals surface area contributed by atoms with Gasteiger partial charge in [-0.25, -0.2) is 4.39 Å². The predicted octanol–water partition coefficient (Wildman–Crippen LogP) is 4.12. The molecule has 2 nitrogen and oxygen atoms in total. The second kappa shape index (κ2) is 6.17. The number of carbonyl (C=O) groups excluding carboxylic acids is 2. The van der Waals surface area contributed by atoms with Gasteiger partial charge in [0.15, 0.2) is 0 Å². The number of rotatable bonds is 4. The van der Waals surface area contributed by atoms with Gasteiger partial charge in [0.05, 0.1) is 5.41 Å². The first-order valence-electron chi connectivity index (χ1n) is 6.99. The number of ketones is 1.